The molecule has 1 aliphatic rings. The van der Waals surface area contributed by atoms with Crippen LogP contribution in [0.5, 0.6) is 11.5 Å². The van der Waals surface area contributed by atoms with Gasteiger partial charge >= 0.3 is 0 Å². The van der Waals surface area contributed by atoms with Gasteiger partial charge < -0.3 is 9.47 Å². The van der Waals surface area contributed by atoms with Crippen molar-refractivity contribution in [3.05, 3.63) is 41.0 Å². The highest BCUT2D eigenvalue weighted by molar-refractivity contribution is 7.99. The van der Waals surface area contributed by atoms with E-state index in [0.29, 0.717) is 40.5 Å². The molecule has 1 aromatic heterocycles. The largest absolute Gasteiger partial charge is 0.490 e. The molecule has 7 heteroatoms. The van der Waals surface area contributed by atoms with Gasteiger partial charge in [-0.1, -0.05) is 23.4 Å². The van der Waals surface area contributed by atoms with Crippen molar-refractivity contribution < 1.29 is 14.3 Å². The Hall–Kier alpha value is -1.79. The van der Waals surface area contributed by atoms with E-state index in [2.05, 4.69) is 10.2 Å². The molecule has 22 heavy (non-hydrogen) atoms. The first-order valence-electron chi connectivity index (χ1n) is 6.77. The molecule has 0 N–H and O–H groups in total. The van der Waals surface area contributed by atoms with Crippen LogP contribution in [-0.4, -0.2) is 34.9 Å². The van der Waals surface area contributed by atoms with Crippen molar-refractivity contribution in [3.8, 4) is 11.5 Å². The molecule has 0 saturated heterocycles. The molecule has 5 nitrogen and oxygen atoms in total. The minimum absolute atomic E-state index is 0.00241. The molecule has 0 amide bonds. The van der Waals surface area contributed by atoms with Crippen molar-refractivity contribution in [2.24, 2.45) is 0 Å². The third-order valence-electron chi connectivity index (χ3n) is 3.03. The summed E-state index contributed by atoms with van der Waals surface area (Å²) in [6.07, 6.45) is 0.836. The number of rotatable bonds is 4. The van der Waals surface area contributed by atoms with Gasteiger partial charge in [0.1, 0.15) is 5.03 Å². The van der Waals surface area contributed by atoms with Crippen LogP contribution in [0.15, 0.2) is 35.4 Å². The van der Waals surface area contributed by atoms with Crippen LogP contribution in [-0.2, 0) is 0 Å². The highest BCUT2D eigenvalue weighted by Crippen LogP contribution is 2.31. The first-order valence-corrected chi connectivity index (χ1v) is 8.13. The van der Waals surface area contributed by atoms with Crippen molar-refractivity contribution in [2.75, 3.05) is 19.0 Å². The number of halogens is 1. The lowest BCUT2D eigenvalue weighted by Gasteiger charge is -2.08. The molecule has 1 aliphatic heterocycles. The van der Waals surface area contributed by atoms with Gasteiger partial charge in [-0.15, -0.1) is 10.2 Å². The van der Waals surface area contributed by atoms with E-state index in [1.54, 1.807) is 30.3 Å². The number of benzene rings is 1. The average Bonchev–Trinajstić information content (AvgIpc) is 2.78. The van der Waals surface area contributed by atoms with Crippen LogP contribution < -0.4 is 9.47 Å². The van der Waals surface area contributed by atoms with Crippen LogP contribution in [0.2, 0.25) is 5.15 Å². The number of aromatic nitrogens is 2. The van der Waals surface area contributed by atoms with E-state index in [4.69, 9.17) is 21.1 Å². The highest BCUT2D eigenvalue weighted by atomic mass is 35.5. The molecular formula is C15H13ClN2O3S. The molecule has 2 aromatic rings. The summed E-state index contributed by atoms with van der Waals surface area (Å²) in [6, 6.07) is 8.65. The molecule has 0 radical (unpaired) electrons. The van der Waals surface area contributed by atoms with E-state index < -0.39 is 0 Å². The van der Waals surface area contributed by atoms with Crippen LogP contribution in [0.4, 0.5) is 0 Å². The maximum absolute atomic E-state index is 12.3. The molecule has 1 aromatic carbocycles. The zero-order valence-electron chi connectivity index (χ0n) is 11.6. The van der Waals surface area contributed by atoms with E-state index in [0.717, 1.165) is 6.42 Å². The molecule has 114 valence electrons. The number of fused-ring (bicyclic) bond motifs is 1. The Balaban J connectivity index is 1.67. The summed E-state index contributed by atoms with van der Waals surface area (Å²) in [5.41, 5.74) is 0.596. The van der Waals surface area contributed by atoms with Gasteiger partial charge in [-0.05, 0) is 30.3 Å². The standard InChI is InChI=1S/C15H13ClN2O3S/c16-14-4-5-15(18-17-14)22-9-11(19)10-2-3-12-13(8-10)21-7-1-6-20-12/h2-5,8H,1,6-7,9H2. The summed E-state index contributed by atoms with van der Waals surface area (Å²) in [5.74, 6) is 1.58. The SMILES string of the molecule is O=C(CSc1ccc(Cl)nn1)c1ccc2c(c1)OCCCO2. The van der Waals surface area contributed by atoms with E-state index in [1.165, 1.54) is 11.8 Å². The molecule has 0 unspecified atom stereocenters. The van der Waals surface area contributed by atoms with E-state index in [-0.39, 0.29) is 11.5 Å². The van der Waals surface area contributed by atoms with Crippen LogP contribution in [0.3, 0.4) is 0 Å². The molecule has 0 bridgehead atoms. The van der Waals surface area contributed by atoms with Gasteiger partial charge in [0.25, 0.3) is 0 Å². The highest BCUT2D eigenvalue weighted by Gasteiger charge is 2.14. The lowest BCUT2D eigenvalue weighted by molar-refractivity contribution is 0.102. The Kier molecular flexibility index (Phi) is 4.80. The first kappa shape index (κ1) is 15.1. The number of ether oxygens (including phenoxy) is 2. The fourth-order valence-corrected chi connectivity index (χ4v) is 2.75. The lowest BCUT2D eigenvalue weighted by atomic mass is 10.1. The minimum Gasteiger partial charge on any atom is -0.490 e. The summed E-state index contributed by atoms with van der Waals surface area (Å²) >= 11 is 7.00. The van der Waals surface area contributed by atoms with Gasteiger partial charge in [-0.2, -0.15) is 0 Å². The molecule has 0 fully saturated rings. The second kappa shape index (κ2) is 6.98. The number of carbonyl (C=O) groups excluding carboxylic acids is 1. The van der Waals surface area contributed by atoms with E-state index in [9.17, 15) is 4.79 Å². The Morgan fingerprint density at radius 2 is 1.95 bits per heavy atom. The molecule has 0 atom stereocenters. The number of hydrogen-bond acceptors (Lipinski definition) is 6. The number of Topliss-reactive ketones (excluding diaryl/α,β-unsaturated/α-hetero) is 1. The molecule has 0 spiro atoms. The first-order chi connectivity index (χ1) is 10.7. The van der Waals surface area contributed by atoms with Crippen molar-refractivity contribution in [2.45, 2.75) is 11.4 Å². The predicted octanol–water partition coefficient (Wildman–Crippen LogP) is 3.27. The summed E-state index contributed by atoms with van der Waals surface area (Å²) in [5, 5.41) is 8.65. The smallest absolute Gasteiger partial charge is 0.173 e. The van der Waals surface area contributed by atoms with Gasteiger partial charge in [-0.25, -0.2) is 0 Å². The van der Waals surface area contributed by atoms with Gasteiger partial charge in [0.15, 0.2) is 22.4 Å². The average molecular weight is 337 g/mol. The summed E-state index contributed by atoms with van der Waals surface area (Å²) in [7, 11) is 0. The van der Waals surface area contributed by atoms with Crippen molar-refractivity contribution >= 4 is 29.1 Å². The number of nitrogens with zero attached hydrogens (tertiary/aromatic N) is 2. The number of ketones is 1. The zero-order valence-corrected chi connectivity index (χ0v) is 13.2. The quantitative estimate of drug-likeness (QED) is 0.631. The summed E-state index contributed by atoms with van der Waals surface area (Å²) in [4.78, 5) is 12.3. The van der Waals surface area contributed by atoms with Crippen LogP contribution in [0.1, 0.15) is 16.8 Å². The lowest BCUT2D eigenvalue weighted by Crippen LogP contribution is -2.04. The number of thioether (sulfide) groups is 1. The van der Waals surface area contributed by atoms with Gasteiger partial charge in [0.2, 0.25) is 0 Å². The molecule has 2 heterocycles. The molecule has 3 rings (SSSR count). The fraction of sp³-hybridized carbons (Fsp3) is 0.267. The van der Waals surface area contributed by atoms with Crippen LogP contribution in [0, 0.1) is 0 Å². The van der Waals surface area contributed by atoms with E-state index >= 15 is 0 Å². The monoisotopic (exact) mass is 336 g/mol. The predicted molar refractivity (Wildman–Crippen MR) is 84.1 cm³/mol. The van der Waals surface area contributed by atoms with Crippen LogP contribution in [0.25, 0.3) is 0 Å². The summed E-state index contributed by atoms with van der Waals surface area (Å²) in [6.45, 7) is 1.23. The van der Waals surface area contributed by atoms with Crippen molar-refractivity contribution in [1.29, 1.82) is 0 Å². The van der Waals surface area contributed by atoms with E-state index in [1.807, 2.05) is 0 Å². The Morgan fingerprint density at radius 1 is 1.14 bits per heavy atom. The fourth-order valence-electron chi connectivity index (χ4n) is 1.94. The van der Waals surface area contributed by atoms with Gasteiger partial charge in [0, 0.05) is 12.0 Å². The molecule has 0 aliphatic carbocycles. The third kappa shape index (κ3) is 3.69. The molecular weight excluding hydrogens is 324 g/mol. The second-order valence-electron chi connectivity index (χ2n) is 4.62. The van der Waals surface area contributed by atoms with Crippen molar-refractivity contribution in [1.82, 2.24) is 10.2 Å². The zero-order chi connectivity index (χ0) is 15.4. The van der Waals surface area contributed by atoms with Crippen LogP contribution >= 0.6 is 23.4 Å². The van der Waals surface area contributed by atoms with Crippen molar-refractivity contribution in [3.63, 3.8) is 0 Å². The summed E-state index contributed by atoms with van der Waals surface area (Å²) < 4.78 is 11.1. The third-order valence-corrected chi connectivity index (χ3v) is 4.15. The maximum Gasteiger partial charge on any atom is 0.173 e. The number of carbonyl (C=O) groups is 1. The molecule has 0 saturated carbocycles. The Labute approximate surface area is 137 Å². The van der Waals surface area contributed by atoms with Gasteiger partial charge in [-0.3, -0.25) is 4.79 Å². The Morgan fingerprint density at radius 3 is 2.73 bits per heavy atom. The minimum atomic E-state index is -0.00241. The Bertz CT molecular complexity index is 679. The second-order valence-corrected chi connectivity index (χ2v) is 6.00. The number of hydrogen-bond donors (Lipinski definition) is 0. The topological polar surface area (TPSA) is 61.3 Å². The van der Waals surface area contributed by atoms with Gasteiger partial charge in [0.05, 0.1) is 19.0 Å². The normalized spacial score (nSPS) is 13.5. The maximum atomic E-state index is 12.3.